The van der Waals surface area contributed by atoms with E-state index in [-0.39, 0.29) is 6.04 Å². The number of likely N-dealkylation sites (N-methyl/N-ethyl adjacent to an activating group) is 1. The number of hydrogen-bond acceptors (Lipinski definition) is 3. The molecule has 39 heavy (non-hydrogen) atoms. The van der Waals surface area contributed by atoms with E-state index in [0.29, 0.717) is 5.70 Å². The maximum atomic E-state index is 5.29. The highest BCUT2D eigenvalue weighted by molar-refractivity contribution is 5.28. The van der Waals surface area contributed by atoms with Gasteiger partial charge < -0.3 is 16.0 Å². The number of likely N-dealkylation sites (tertiary alicyclic amines) is 1. The molecule has 3 nitrogen and oxygen atoms in total. The smallest absolute Gasteiger partial charge is 0.0430 e. The van der Waals surface area contributed by atoms with Crippen molar-refractivity contribution in [1.29, 1.82) is 0 Å². The number of allylic oxidation sites excluding steroid dienone is 1. The second-order valence-corrected chi connectivity index (χ2v) is 10.3. The Morgan fingerprint density at radius 3 is 1.64 bits per heavy atom. The van der Waals surface area contributed by atoms with Crippen LogP contribution in [0, 0.1) is 5.92 Å². The van der Waals surface area contributed by atoms with Crippen LogP contribution in [0.4, 0.5) is 0 Å². The standard InChI is InChI=1S/C10H12.C9H16.C5H12N2.C5H11N.C3H8.2C2H6/c1-2-6-10-8-4-3-7-9(10)5-1;1-2-6-9-7-4-3-5-8-9;1-4(6)5(2)7-3;1-6-4-2-3-5-6;1-3-2;2*1-2/h1-2,5-6H,3-4,7-8H2;2,9H,1,3-8H2;5,7H,1,6H2,2-3H3;2-5H2,1H3;3H2,1-2H3;2*1-2H3. The molecule has 1 heterocycles. The van der Waals surface area contributed by atoms with Crippen LogP contribution in [-0.4, -0.2) is 38.1 Å². The molecule has 2 aliphatic carbocycles. The van der Waals surface area contributed by atoms with Gasteiger partial charge in [-0.2, -0.15) is 0 Å². The van der Waals surface area contributed by atoms with Crippen LogP contribution in [0.15, 0.2) is 49.2 Å². The summed E-state index contributed by atoms with van der Waals surface area (Å²) in [6, 6.07) is 9.04. The van der Waals surface area contributed by atoms with E-state index in [1.807, 2.05) is 41.7 Å². The molecule has 4 rings (SSSR count). The normalized spacial score (nSPS) is 16.3. The maximum Gasteiger partial charge on any atom is 0.0430 e. The molecule has 3 N–H and O–H groups in total. The second-order valence-electron chi connectivity index (χ2n) is 10.3. The van der Waals surface area contributed by atoms with Crippen LogP contribution >= 0.6 is 0 Å². The minimum absolute atomic E-state index is 0.236. The first-order valence-corrected chi connectivity index (χ1v) is 16.4. The number of nitrogens with two attached hydrogens (primary N) is 1. The third-order valence-corrected chi connectivity index (χ3v) is 6.80. The Kier molecular flexibility index (Phi) is 35.1. The van der Waals surface area contributed by atoms with Gasteiger partial charge in [-0.3, -0.25) is 0 Å². The summed E-state index contributed by atoms with van der Waals surface area (Å²) in [4.78, 5) is 2.36. The van der Waals surface area contributed by atoms with Crippen LogP contribution in [0.1, 0.15) is 130 Å². The minimum Gasteiger partial charge on any atom is -0.401 e. The van der Waals surface area contributed by atoms with Gasteiger partial charge in [0.25, 0.3) is 0 Å². The first-order chi connectivity index (χ1) is 18.9. The number of fused-ring (bicyclic) bond motifs is 1. The molecule has 1 saturated carbocycles. The van der Waals surface area contributed by atoms with E-state index >= 15 is 0 Å². The highest BCUT2D eigenvalue weighted by Crippen LogP contribution is 2.26. The second kappa shape index (κ2) is 32.6. The van der Waals surface area contributed by atoms with E-state index < -0.39 is 0 Å². The highest BCUT2D eigenvalue weighted by Gasteiger charge is 2.10. The number of rotatable bonds is 4. The molecule has 0 aromatic heterocycles. The molecular weight excluding hydrogens is 474 g/mol. The van der Waals surface area contributed by atoms with Crippen LogP contribution < -0.4 is 11.1 Å². The van der Waals surface area contributed by atoms with Crippen LogP contribution in [0.5, 0.6) is 0 Å². The molecule has 0 amide bonds. The van der Waals surface area contributed by atoms with Crippen molar-refractivity contribution in [3.63, 3.8) is 0 Å². The average molecular weight is 546 g/mol. The lowest BCUT2D eigenvalue weighted by molar-refractivity contribution is 0.361. The predicted octanol–water partition coefficient (Wildman–Crippen LogP) is 9.96. The Bertz CT molecular complexity index is 603. The lowest BCUT2D eigenvalue weighted by atomic mass is 9.87. The van der Waals surface area contributed by atoms with E-state index in [9.17, 15) is 0 Å². The van der Waals surface area contributed by atoms with Crippen LogP contribution in [-0.2, 0) is 12.8 Å². The van der Waals surface area contributed by atoms with Gasteiger partial charge in [0.05, 0.1) is 0 Å². The summed E-state index contributed by atoms with van der Waals surface area (Å²) >= 11 is 0. The van der Waals surface area contributed by atoms with Crippen molar-refractivity contribution in [3.8, 4) is 0 Å². The number of hydrogen-bond donors (Lipinski definition) is 2. The molecular formula is C36H71N3. The average Bonchev–Trinajstić information content (AvgIpc) is 3.48. The summed E-state index contributed by atoms with van der Waals surface area (Å²) in [5, 5.41) is 2.94. The SMILES string of the molecule is C=C(N)C(C)NC.C=CCC1CCCCC1.CC.CC.CCC.CN1CCCC1.c1ccc2c(c1)CCCC2. The Labute approximate surface area is 247 Å². The van der Waals surface area contributed by atoms with Gasteiger partial charge in [-0.1, -0.05) is 117 Å². The summed E-state index contributed by atoms with van der Waals surface area (Å²) in [6.45, 7) is 24.1. The fraction of sp³-hybridized carbons (Fsp3) is 0.722. The van der Waals surface area contributed by atoms with Gasteiger partial charge in [0.2, 0.25) is 0 Å². The maximum absolute atomic E-state index is 5.29. The molecule has 2 fully saturated rings. The van der Waals surface area contributed by atoms with Gasteiger partial charge >= 0.3 is 0 Å². The lowest BCUT2D eigenvalue weighted by Crippen LogP contribution is -2.26. The zero-order valence-electron chi connectivity index (χ0n) is 28.1. The molecule has 1 atom stereocenters. The molecule has 1 aliphatic heterocycles. The summed E-state index contributed by atoms with van der Waals surface area (Å²) in [7, 11) is 4.02. The third-order valence-electron chi connectivity index (χ3n) is 6.80. The van der Waals surface area contributed by atoms with Crippen LogP contribution in [0.2, 0.25) is 0 Å². The largest absolute Gasteiger partial charge is 0.401 e. The molecule has 1 aromatic rings. The Hall–Kier alpha value is -1.58. The van der Waals surface area contributed by atoms with E-state index in [2.05, 4.69) is 74.6 Å². The first kappa shape index (κ1) is 41.9. The summed E-state index contributed by atoms with van der Waals surface area (Å²) in [5.41, 5.74) is 9.13. The van der Waals surface area contributed by atoms with E-state index in [1.54, 1.807) is 11.1 Å². The molecule has 1 unspecified atom stereocenters. The van der Waals surface area contributed by atoms with E-state index in [1.165, 1.54) is 96.6 Å². The van der Waals surface area contributed by atoms with Crippen molar-refractivity contribution in [2.75, 3.05) is 27.2 Å². The van der Waals surface area contributed by atoms with Gasteiger partial charge in [-0.05, 0) is 96.1 Å². The molecule has 1 saturated heterocycles. The Balaban J connectivity index is -0.000000417. The van der Waals surface area contributed by atoms with E-state index in [4.69, 9.17) is 5.73 Å². The van der Waals surface area contributed by atoms with Crippen LogP contribution in [0.25, 0.3) is 0 Å². The van der Waals surface area contributed by atoms with Gasteiger partial charge in [-0.25, -0.2) is 0 Å². The molecule has 0 radical (unpaired) electrons. The van der Waals surface area contributed by atoms with Crippen molar-refractivity contribution in [1.82, 2.24) is 10.2 Å². The van der Waals surface area contributed by atoms with Crippen molar-refractivity contribution in [3.05, 3.63) is 60.3 Å². The zero-order chi connectivity index (χ0) is 30.3. The van der Waals surface area contributed by atoms with Crippen LogP contribution in [0.3, 0.4) is 0 Å². The quantitative estimate of drug-likeness (QED) is 0.370. The predicted molar refractivity (Wildman–Crippen MR) is 182 cm³/mol. The highest BCUT2D eigenvalue weighted by atomic mass is 15.1. The first-order valence-electron chi connectivity index (χ1n) is 16.4. The fourth-order valence-electron chi connectivity index (χ4n) is 4.40. The number of benzene rings is 1. The summed E-state index contributed by atoms with van der Waals surface area (Å²) in [6.07, 6.45) is 20.0. The Morgan fingerprint density at radius 2 is 1.36 bits per heavy atom. The minimum atomic E-state index is 0.236. The molecule has 0 bridgehead atoms. The molecule has 1 aromatic carbocycles. The molecule has 0 spiro atoms. The number of aryl methyl sites for hydroxylation is 2. The Morgan fingerprint density at radius 1 is 0.923 bits per heavy atom. The third kappa shape index (κ3) is 26.4. The van der Waals surface area contributed by atoms with Crippen molar-refractivity contribution in [2.45, 2.75) is 138 Å². The van der Waals surface area contributed by atoms with Crippen molar-refractivity contribution in [2.24, 2.45) is 11.7 Å². The van der Waals surface area contributed by atoms with E-state index in [0.717, 1.165) is 5.92 Å². The topological polar surface area (TPSA) is 41.3 Å². The van der Waals surface area contributed by atoms with Crippen molar-refractivity contribution >= 4 is 0 Å². The lowest BCUT2D eigenvalue weighted by Gasteiger charge is -2.19. The number of nitrogens with one attached hydrogen (secondary N) is 1. The van der Waals surface area contributed by atoms with Gasteiger partial charge in [0, 0.05) is 11.7 Å². The molecule has 230 valence electrons. The summed E-state index contributed by atoms with van der Waals surface area (Å²) < 4.78 is 0. The van der Waals surface area contributed by atoms with Gasteiger partial charge in [-0.15, -0.1) is 6.58 Å². The number of nitrogens with zero attached hydrogens (tertiary/aromatic N) is 1. The summed E-state index contributed by atoms with van der Waals surface area (Å²) in [5.74, 6) is 0.983. The monoisotopic (exact) mass is 546 g/mol. The molecule has 3 heteroatoms. The van der Waals surface area contributed by atoms with Gasteiger partial charge in [0.15, 0.2) is 0 Å². The molecule has 3 aliphatic rings. The zero-order valence-corrected chi connectivity index (χ0v) is 28.1. The fourth-order valence-corrected chi connectivity index (χ4v) is 4.40. The van der Waals surface area contributed by atoms with Crippen molar-refractivity contribution < 1.29 is 0 Å². The van der Waals surface area contributed by atoms with Gasteiger partial charge in [0.1, 0.15) is 0 Å².